The minimum absolute atomic E-state index is 0.117. The summed E-state index contributed by atoms with van der Waals surface area (Å²) in [6.45, 7) is 3.90. The van der Waals surface area contributed by atoms with Crippen LogP contribution in [0.15, 0.2) is 65.1 Å². The van der Waals surface area contributed by atoms with E-state index < -0.39 is 0 Å². The van der Waals surface area contributed by atoms with Gasteiger partial charge < -0.3 is 9.88 Å². The summed E-state index contributed by atoms with van der Waals surface area (Å²) < 4.78 is 1.92. The summed E-state index contributed by atoms with van der Waals surface area (Å²) >= 11 is 2.79. The summed E-state index contributed by atoms with van der Waals surface area (Å²) in [6, 6.07) is 18.0. The second kappa shape index (κ2) is 8.81. The summed E-state index contributed by atoms with van der Waals surface area (Å²) in [5, 5.41) is 14.4. The highest BCUT2D eigenvalue weighted by Gasteiger charge is 2.20. The number of benzene rings is 2. The number of nitrogens with one attached hydrogen (secondary N) is 1. The van der Waals surface area contributed by atoms with E-state index in [2.05, 4.69) is 26.6 Å². The maximum atomic E-state index is 12.7. The Morgan fingerprint density at radius 1 is 1.10 bits per heavy atom. The standard InChI is InChI=1S/C22H21N5OS2/c1-14-8-7-11-17(12-14)19-25-26-22(27(19)3)30-15(2)20(28)24-21-23-18(13-29-21)16-9-5-4-6-10-16/h4-13,15H,1-3H3,(H,23,24,28). The van der Waals surface area contributed by atoms with Crippen LogP contribution in [0.3, 0.4) is 0 Å². The highest BCUT2D eigenvalue weighted by molar-refractivity contribution is 8.00. The van der Waals surface area contributed by atoms with Gasteiger partial charge in [-0.05, 0) is 19.9 Å². The number of thiazole rings is 1. The summed E-state index contributed by atoms with van der Waals surface area (Å²) in [6.07, 6.45) is 0. The highest BCUT2D eigenvalue weighted by atomic mass is 32.2. The lowest BCUT2D eigenvalue weighted by Gasteiger charge is -2.10. The van der Waals surface area contributed by atoms with Gasteiger partial charge in [0.1, 0.15) is 0 Å². The number of thioether (sulfide) groups is 1. The first kappa shape index (κ1) is 20.3. The zero-order valence-electron chi connectivity index (χ0n) is 16.9. The lowest BCUT2D eigenvalue weighted by molar-refractivity contribution is -0.115. The first-order chi connectivity index (χ1) is 14.5. The SMILES string of the molecule is Cc1cccc(-c2nnc(SC(C)C(=O)Nc3nc(-c4ccccc4)cs3)n2C)c1. The van der Waals surface area contributed by atoms with E-state index in [0.29, 0.717) is 10.3 Å². The molecule has 0 fully saturated rings. The molecule has 0 saturated carbocycles. The van der Waals surface area contributed by atoms with Gasteiger partial charge in [0.2, 0.25) is 5.91 Å². The largest absolute Gasteiger partial charge is 0.305 e. The van der Waals surface area contributed by atoms with Crippen molar-refractivity contribution in [1.82, 2.24) is 19.7 Å². The Balaban J connectivity index is 1.43. The molecule has 4 rings (SSSR count). The molecule has 0 aliphatic rings. The Morgan fingerprint density at radius 3 is 2.63 bits per heavy atom. The molecule has 30 heavy (non-hydrogen) atoms. The average molecular weight is 436 g/mol. The highest BCUT2D eigenvalue weighted by Crippen LogP contribution is 2.28. The number of aryl methyl sites for hydroxylation is 1. The van der Waals surface area contributed by atoms with Crippen molar-refractivity contribution in [2.24, 2.45) is 7.05 Å². The molecule has 0 saturated heterocycles. The first-order valence-corrected chi connectivity index (χ1v) is 11.2. The Bertz CT molecular complexity index is 1170. The van der Waals surface area contributed by atoms with Gasteiger partial charge >= 0.3 is 0 Å². The molecule has 1 atom stereocenters. The molecule has 1 amide bonds. The van der Waals surface area contributed by atoms with Gasteiger partial charge in [-0.15, -0.1) is 21.5 Å². The van der Waals surface area contributed by atoms with Gasteiger partial charge in [0.25, 0.3) is 0 Å². The van der Waals surface area contributed by atoms with Crippen LogP contribution in [-0.2, 0) is 11.8 Å². The van der Waals surface area contributed by atoms with Gasteiger partial charge in [0.05, 0.1) is 10.9 Å². The summed E-state index contributed by atoms with van der Waals surface area (Å²) in [7, 11) is 1.91. The van der Waals surface area contributed by atoms with Gasteiger partial charge in [-0.25, -0.2) is 4.98 Å². The fraction of sp³-hybridized carbons (Fsp3) is 0.182. The third kappa shape index (κ3) is 4.44. The molecular formula is C22H21N5OS2. The molecule has 2 aromatic heterocycles. The normalized spacial score (nSPS) is 12.0. The van der Waals surface area contributed by atoms with E-state index in [1.54, 1.807) is 0 Å². The van der Waals surface area contributed by atoms with E-state index in [4.69, 9.17) is 0 Å². The molecule has 0 radical (unpaired) electrons. The van der Waals surface area contributed by atoms with Crippen LogP contribution in [0.1, 0.15) is 12.5 Å². The van der Waals surface area contributed by atoms with Gasteiger partial charge in [-0.2, -0.15) is 0 Å². The molecule has 0 aliphatic heterocycles. The number of hydrogen-bond donors (Lipinski definition) is 1. The van der Waals surface area contributed by atoms with Gasteiger partial charge in [-0.3, -0.25) is 4.79 Å². The maximum Gasteiger partial charge on any atom is 0.239 e. The first-order valence-electron chi connectivity index (χ1n) is 9.46. The third-order valence-electron chi connectivity index (χ3n) is 4.57. The summed E-state index contributed by atoms with van der Waals surface area (Å²) in [5.41, 5.74) is 4.05. The predicted octanol–water partition coefficient (Wildman–Crippen LogP) is 5.03. The molecule has 4 aromatic rings. The molecular weight excluding hydrogens is 414 g/mol. The van der Waals surface area contributed by atoms with E-state index in [-0.39, 0.29) is 11.2 Å². The number of anilines is 1. The number of hydrogen-bond acceptors (Lipinski definition) is 6. The molecule has 1 N–H and O–H groups in total. The number of carbonyl (C=O) groups is 1. The number of nitrogens with zero attached hydrogens (tertiary/aromatic N) is 4. The van der Waals surface area contributed by atoms with Crippen LogP contribution in [0.5, 0.6) is 0 Å². The zero-order valence-corrected chi connectivity index (χ0v) is 18.5. The second-order valence-electron chi connectivity index (χ2n) is 6.89. The Labute approximate surface area is 183 Å². The molecule has 1 unspecified atom stereocenters. The Morgan fingerprint density at radius 2 is 1.87 bits per heavy atom. The van der Waals surface area contributed by atoms with Crippen LogP contribution >= 0.6 is 23.1 Å². The number of rotatable bonds is 6. The van der Waals surface area contributed by atoms with Gasteiger partial charge in [0, 0.05) is 23.6 Å². The smallest absolute Gasteiger partial charge is 0.239 e. The van der Waals surface area contributed by atoms with Crippen molar-refractivity contribution in [1.29, 1.82) is 0 Å². The van der Waals surface area contributed by atoms with Crippen molar-refractivity contribution >= 4 is 34.1 Å². The monoisotopic (exact) mass is 435 g/mol. The van der Waals surface area contributed by atoms with Crippen LogP contribution in [0.4, 0.5) is 5.13 Å². The molecule has 0 aliphatic carbocycles. The molecule has 0 spiro atoms. The van der Waals surface area contributed by atoms with Crippen LogP contribution in [0, 0.1) is 6.92 Å². The minimum atomic E-state index is -0.345. The van der Waals surface area contributed by atoms with Crippen molar-refractivity contribution in [3.63, 3.8) is 0 Å². The van der Waals surface area contributed by atoms with Gasteiger partial charge in [-0.1, -0.05) is 65.9 Å². The average Bonchev–Trinajstić information content (AvgIpc) is 3.36. The summed E-state index contributed by atoms with van der Waals surface area (Å²) in [4.78, 5) is 17.2. The Hall–Kier alpha value is -2.97. The lowest BCUT2D eigenvalue weighted by atomic mass is 10.1. The Kier molecular flexibility index (Phi) is 5.96. The van der Waals surface area contributed by atoms with E-state index in [1.165, 1.54) is 23.1 Å². The van der Waals surface area contributed by atoms with Crippen LogP contribution in [-0.4, -0.2) is 30.9 Å². The molecule has 2 aromatic carbocycles. The van der Waals surface area contributed by atoms with Crippen molar-refractivity contribution in [2.45, 2.75) is 24.3 Å². The molecule has 2 heterocycles. The fourth-order valence-electron chi connectivity index (χ4n) is 2.94. The molecule has 0 bridgehead atoms. The predicted molar refractivity (Wildman–Crippen MR) is 123 cm³/mol. The van der Waals surface area contributed by atoms with Crippen LogP contribution < -0.4 is 5.32 Å². The molecule has 152 valence electrons. The van der Waals surface area contributed by atoms with E-state index in [0.717, 1.165) is 28.2 Å². The fourth-order valence-corrected chi connectivity index (χ4v) is 4.48. The van der Waals surface area contributed by atoms with Crippen LogP contribution in [0.25, 0.3) is 22.6 Å². The van der Waals surface area contributed by atoms with Gasteiger partial charge in [0.15, 0.2) is 16.1 Å². The minimum Gasteiger partial charge on any atom is -0.305 e. The van der Waals surface area contributed by atoms with Crippen molar-refractivity contribution in [3.05, 3.63) is 65.5 Å². The number of carbonyl (C=O) groups excluding carboxylic acids is 1. The van der Waals surface area contributed by atoms with Crippen molar-refractivity contribution < 1.29 is 4.79 Å². The van der Waals surface area contributed by atoms with E-state index >= 15 is 0 Å². The van der Waals surface area contributed by atoms with Crippen LogP contribution in [0.2, 0.25) is 0 Å². The maximum absolute atomic E-state index is 12.7. The molecule has 6 nitrogen and oxygen atoms in total. The topological polar surface area (TPSA) is 72.7 Å². The van der Waals surface area contributed by atoms with Crippen molar-refractivity contribution in [2.75, 3.05) is 5.32 Å². The molecule has 8 heteroatoms. The lowest BCUT2D eigenvalue weighted by Crippen LogP contribution is -2.22. The quantitative estimate of drug-likeness (QED) is 0.430. The summed E-state index contributed by atoms with van der Waals surface area (Å²) in [5.74, 6) is 0.662. The number of aromatic nitrogens is 4. The zero-order chi connectivity index (χ0) is 21.1. The second-order valence-corrected chi connectivity index (χ2v) is 9.05. The van der Waals surface area contributed by atoms with E-state index in [1.807, 2.05) is 79.4 Å². The van der Waals surface area contributed by atoms with E-state index in [9.17, 15) is 4.79 Å². The number of amides is 1. The third-order valence-corrected chi connectivity index (χ3v) is 6.46. The van der Waals surface area contributed by atoms with Crippen molar-refractivity contribution in [3.8, 4) is 22.6 Å².